The Morgan fingerprint density at radius 3 is 2.59 bits per heavy atom. The van der Waals surface area contributed by atoms with Gasteiger partial charge in [-0.3, -0.25) is 9.69 Å². The lowest BCUT2D eigenvalue weighted by Gasteiger charge is -2.29. The summed E-state index contributed by atoms with van der Waals surface area (Å²) in [5, 5.41) is 3.08. The zero-order valence-corrected chi connectivity index (χ0v) is 10.9. The number of piperidine rings is 1. The average Bonchev–Trinajstić information content (AvgIpc) is 3.10. The Labute approximate surface area is 104 Å². The van der Waals surface area contributed by atoms with Crippen LogP contribution < -0.4 is 11.1 Å². The molecule has 0 bridgehead atoms. The van der Waals surface area contributed by atoms with E-state index in [2.05, 4.69) is 17.1 Å². The van der Waals surface area contributed by atoms with Gasteiger partial charge < -0.3 is 11.1 Å². The van der Waals surface area contributed by atoms with Crippen molar-refractivity contribution in [2.75, 3.05) is 26.2 Å². The van der Waals surface area contributed by atoms with Crippen LogP contribution >= 0.6 is 0 Å². The Balaban J connectivity index is 1.64. The van der Waals surface area contributed by atoms with Crippen LogP contribution in [0.3, 0.4) is 0 Å². The molecule has 2 rings (SSSR count). The molecule has 1 saturated heterocycles. The van der Waals surface area contributed by atoms with Crippen molar-refractivity contribution in [1.29, 1.82) is 0 Å². The normalized spacial score (nSPS) is 24.6. The van der Waals surface area contributed by atoms with Crippen LogP contribution in [0.5, 0.6) is 0 Å². The first-order valence-corrected chi connectivity index (χ1v) is 6.88. The van der Waals surface area contributed by atoms with E-state index in [1.165, 1.54) is 19.3 Å². The first-order chi connectivity index (χ1) is 8.13. The van der Waals surface area contributed by atoms with Crippen LogP contribution in [0.4, 0.5) is 0 Å². The summed E-state index contributed by atoms with van der Waals surface area (Å²) in [6, 6.07) is 0.337. The van der Waals surface area contributed by atoms with Crippen LogP contribution in [0.25, 0.3) is 0 Å². The van der Waals surface area contributed by atoms with Gasteiger partial charge in [0.25, 0.3) is 0 Å². The third-order valence-electron chi connectivity index (χ3n) is 4.37. The highest BCUT2D eigenvalue weighted by Crippen LogP contribution is 2.47. The predicted molar refractivity (Wildman–Crippen MR) is 68.6 cm³/mol. The van der Waals surface area contributed by atoms with Crippen molar-refractivity contribution in [3.05, 3.63) is 0 Å². The highest BCUT2D eigenvalue weighted by Gasteiger charge is 2.40. The molecule has 1 saturated carbocycles. The molecule has 1 aliphatic heterocycles. The lowest BCUT2D eigenvalue weighted by molar-refractivity contribution is -0.122. The van der Waals surface area contributed by atoms with Crippen molar-refractivity contribution < 1.29 is 4.79 Å². The van der Waals surface area contributed by atoms with E-state index in [9.17, 15) is 4.79 Å². The quantitative estimate of drug-likeness (QED) is 0.743. The second-order valence-corrected chi connectivity index (χ2v) is 5.74. The molecule has 0 aromatic carbocycles. The Morgan fingerprint density at radius 1 is 1.41 bits per heavy atom. The van der Waals surface area contributed by atoms with Crippen molar-refractivity contribution in [2.45, 2.75) is 45.1 Å². The van der Waals surface area contributed by atoms with Gasteiger partial charge in [-0.05, 0) is 37.5 Å². The standard InChI is InChI=1S/C13H25N3O/c1-2-13(5-6-13)10-15-12(17)9-16-7-3-11(14)4-8-16/h11H,2-10,14H2,1H3,(H,15,17). The maximum absolute atomic E-state index is 11.8. The van der Waals surface area contributed by atoms with E-state index in [0.29, 0.717) is 18.0 Å². The summed E-state index contributed by atoms with van der Waals surface area (Å²) >= 11 is 0. The van der Waals surface area contributed by atoms with Crippen molar-refractivity contribution in [3.63, 3.8) is 0 Å². The molecule has 0 unspecified atom stereocenters. The molecule has 0 atom stereocenters. The molecule has 3 N–H and O–H groups in total. The maximum Gasteiger partial charge on any atom is 0.234 e. The summed E-state index contributed by atoms with van der Waals surface area (Å²) in [4.78, 5) is 14.0. The topological polar surface area (TPSA) is 58.4 Å². The molecule has 0 aromatic rings. The lowest BCUT2D eigenvalue weighted by Crippen LogP contribution is -2.45. The van der Waals surface area contributed by atoms with Crippen molar-refractivity contribution in [1.82, 2.24) is 10.2 Å². The third-order valence-corrected chi connectivity index (χ3v) is 4.37. The lowest BCUT2D eigenvalue weighted by atomic mass is 10.0. The zero-order chi connectivity index (χ0) is 12.3. The molecule has 0 radical (unpaired) electrons. The number of carbonyl (C=O) groups excluding carboxylic acids is 1. The number of nitrogens with one attached hydrogen (secondary N) is 1. The van der Waals surface area contributed by atoms with Crippen molar-refractivity contribution in [2.24, 2.45) is 11.1 Å². The van der Waals surface area contributed by atoms with Crippen LogP contribution in [0, 0.1) is 5.41 Å². The molecule has 2 fully saturated rings. The van der Waals surface area contributed by atoms with Gasteiger partial charge in [0.1, 0.15) is 0 Å². The fourth-order valence-corrected chi connectivity index (χ4v) is 2.49. The smallest absolute Gasteiger partial charge is 0.234 e. The second kappa shape index (κ2) is 5.36. The number of likely N-dealkylation sites (tertiary alicyclic amines) is 1. The summed E-state index contributed by atoms with van der Waals surface area (Å²) in [6.07, 6.45) is 5.79. The van der Waals surface area contributed by atoms with Crippen LogP contribution in [0.2, 0.25) is 0 Å². The average molecular weight is 239 g/mol. The molecule has 4 nitrogen and oxygen atoms in total. The summed E-state index contributed by atoms with van der Waals surface area (Å²) in [5.41, 5.74) is 6.29. The molecule has 17 heavy (non-hydrogen) atoms. The summed E-state index contributed by atoms with van der Waals surface area (Å²) < 4.78 is 0. The zero-order valence-electron chi connectivity index (χ0n) is 10.9. The minimum atomic E-state index is 0.181. The van der Waals surface area contributed by atoms with Crippen LogP contribution in [-0.2, 0) is 4.79 Å². The molecular formula is C13H25N3O. The molecule has 98 valence electrons. The predicted octanol–water partition coefficient (Wildman–Crippen LogP) is 0.716. The largest absolute Gasteiger partial charge is 0.354 e. The SMILES string of the molecule is CCC1(CNC(=O)CN2CCC(N)CC2)CC1. The van der Waals surface area contributed by atoms with E-state index in [0.717, 1.165) is 32.5 Å². The molecule has 0 spiro atoms. The van der Waals surface area contributed by atoms with Gasteiger partial charge in [-0.25, -0.2) is 0 Å². The summed E-state index contributed by atoms with van der Waals surface area (Å²) in [7, 11) is 0. The van der Waals surface area contributed by atoms with E-state index in [4.69, 9.17) is 5.73 Å². The highest BCUT2D eigenvalue weighted by molar-refractivity contribution is 5.78. The van der Waals surface area contributed by atoms with Crippen LogP contribution in [0.1, 0.15) is 39.0 Å². The van der Waals surface area contributed by atoms with Gasteiger partial charge in [-0.1, -0.05) is 6.92 Å². The van der Waals surface area contributed by atoms with Gasteiger partial charge in [0, 0.05) is 25.7 Å². The number of nitrogens with zero attached hydrogens (tertiary/aromatic N) is 1. The van der Waals surface area contributed by atoms with E-state index in [1.54, 1.807) is 0 Å². The van der Waals surface area contributed by atoms with Gasteiger partial charge in [-0.15, -0.1) is 0 Å². The Kier molecular flexibility index (Phi) is 4.05. The van der Waals surface area contributed by atoms with Gasteiger partial charge in [0.15, 0.2) is 0 Å². The highest BCUT2D eigenvalue weighted by atomic mass is 16.2. The first kappa shape index (κ1) is 12.8. The Bertz CT molecular complexity index is 268. The molecule has 1 heterocycles. The molecule has 0 aromatic heterocycles. The van der Waals surface area contributed by atoms with E-state index >= 15 is 0 Å². The van der Waals surface area contributed by atoms with Gasteiger partial charge in [0.05, 0.1) is 6.54 Å². The maximum atomic E-state index is 11.8. The number of hydrogen-bond acceptors (Lipinski definition) is 3. The van der Waals surface area contributed by atoms with Crippen LogP contribution in [0.15, 0.2) is 0 Å². The Hall–Kier alpha value is -0.610. The number of amides is 1. The monoisotopic (exact) mass is 239 g/mol. The van der Waals surface area contributed by atoms with Gasteiger partial charge in [0.2, 0.25) is 5.91 Å². The number of nitrogens with two attached hydrogens (primary N) is 1. The second-order valence-electron chi connectivity index (χ2n) is 5.74. The fraction of sp³-hybridized carbons (Fsp3) is 0.923. The first-order valence-electron chi connectivity index (χ1n) is 6.88. The van der Waals surface area contributed by atoms with Crippen molar-refractivity contribution in [3.8, 4) is 0 Å². The minimum absolute atomic E-state index is 0.181. The number of carbonyl (C=O) groups is 1. The third kappa shape index (κ3) is 3.68. The van der Waals surface area contributed by atoms with E-state index < -0.39 is 0 Å². The molecule has 1 aliphatic carbocycles. The van der Waals surface area contributed by atoms with Gasteiger partial charge >= 0.3 is 0 Å². The molecule has 4 heteroatoms. The molecular weight excluding hydrogens is 214 g/mol. The molecule has 2 aliphatic rings. The van der Waals surface area contributed by atoms with Gasteiger partial charge in [-0.2, -0.15) is 0 Å². The number of rotatable bonds is 5. The number of hydrogen-bond donors (Lipinski definition) is 2. The summed E-state index contributed by atoms with van der Waals surface area (Å²) in [5.74, 6) is 0.181. The summed E-state index contributed by atoms with van der Waals surface area (Å²) in [6.45, 7) is 5.56. The minimum Gasteiger partial charge on any atom is -0.354 e. The van der Waals surface area contributed by atoms with Crippen LogP contribution in [-0.4, -0.2) is 43.0 Å². The fourth-order valence-electron chi connectivity index (χ4n) is 2.49. The Morgan fingerprint density at radius 2 is 2.06 bits per heavy atom. The van der Waals surface area contributed by atoms with E-state index in [-0.39, 0.29) is 5.91 Å². The van der Waals surface area contributed by atoms with Crippen molar-refractivity contribution >= 4 is 5.91 Å². The van der Waals surface area contributed by atoms with E-state index in [1.807, 2.05) is 0 Å². The molecule has 1 amide bonds.